The number of nitrogens with zero attached hydrogens (tertiary/aromatic N) is 6. The van der Waals surface area contributed by atoms with Gasteiger partial charge in [0.05, 0.1) is 17.9 Å². The molecule has 3 aromatic heterocycles. The van der Waals surface area contributed by atoms with Gasteiger partial charge in [-0.25, -0.2) is 4.68 Å². The van der Waals surface area contributed by atoms with Gasteiger partial charge in [-0.05, 0) is 30.7 Å². The molecule has 0 N–H and O–H groups in total. The molecule has 0 aliphatic carbocycles. The van der Waals surface area contributed by atoms with Gasteiger partial charge in [0.2, 0.25) is 0 Å². The van der Waals surface area contributed by atoms with Crippen molar-refractivity contribution in [3.63, 3.8) is 0 Å². The van der Waals surface area contributed by atoms with Gasteiger partial charge in [0.1, 0.15) is 5.69 Å². The van der Waals surface area contributed by atoms with Crippen LogP contribution in [0.3, 0.4) is 0 Å². The molecule has 0 saturated carbocycles. The van der Waals surface area contributed by atoms with E-state index in [0.29, 0.717) is 0 Å². The van der Waals surface area contributed by atoms with Crippen LogP contribution in [0.25, 0.3) is 0 Å². The third kappa shape index (κ3) is 3.17. The molecule has 0 amide bonds. The van der Waals surface area contributed by atoms with Crippen molar-refractivity contribution < 1.29 is 0 Å². The van der Waals surface area contributed by atoms with Crippen LogP contribution in [0.2, 0.25) is 0 Å². The zero-order chi connectivity index (χ0) is 15.5. The fraction of sp³-hybridized carbons (Fsp3) is 0.353. The second kappa shape index (κ2) is 6.34. The topological polar surface area (TPSA) is 51.8 Å². The third-order valence-corrected chi connectivity index (χ3v) is 4.25. The summed E-state index contributed by atoms with van der Waals surface area (Å²) in [5.41, 5.74) is 3.40. The Morgan fingerprint density at radius 3 is 2.74 bits per heavy atom. The number of hydrogen-bond acceptors (Lipinski definition) is 4. The monoisotopic (exact) mass is 308 g/mol. The van der Waals surface area contributed by atoms with Crippen molar-refractivity contribution in [2.75, 3.05) is 6.54 Å². The van der Waals surface area contributed by atoms with E-state index in [1.54, 1.807) is 0 Å². The van der Waals surface area contributed by atoms with Crippen molar-refractivity contribution in [2.24, 2.45) is 0 Å². The summed E-state index contributed by atoms with van der Waals surface area (Å²) in [6, 6.07) is 10.2. The zero-order valence-electron chi connectivity index (χ0n) is 13.0. The Balaban J connectivity index is 1.54. The highest BCUT2D eigenvalue weighted by Gasteiger charge is 2.20. The second-order valence-corrected chi connectivity index (χ2v) is 5.95. The van der Waals surface area contributed by atoms with Gasteiger partial charge in [0.15, 0.2) is 0 Å². The van der Waals surface area contributed by atoms with Crippen LogP contribution in [0.15, 0.2) is 48.9 Å². The van der Waals surface area contributed by atoms with Crippen molar-refractivity contribution in [2.45, 2.75) is 32.6 Å². The molecule has 118 valence electrons. The molecule has 4 heterocycles. The number of aromatic nitrogens is 5. The molecule has 0 fully saturated rings. The predicted molar refractivity (Wildman–Crippen MR) is 86.5 cm³/mol. The van der Waals surface area contributed by atoms with Crippen LogP contribution in [0.4, 0.5) is 0 Å². The van der Waals surface area contributed by atoms with E-state index in [0.717, 1.165) is 50.5 Å². The average molecular weight is 308 g/mol. The predicted octanol–water partition coefficient (Wildman–Crippen LogP) is 1.93. The fourth-order valence-electron chi connectivity index (χ4n) is 3.08. The maximum absolute atomic E-state index is 4.45. The first-order valence-electron chi connectivity index (χ1n) is 8.03. The molecule has 0 spiro atoms. The van der Waals surface area contributed by atoms with Gasteiger partial charge < -0.3 is 4.57 Å². The summed E-state index contributed by atoms with van der Waals surface area (Å²) in [7, 11) is 0. The Kier molecular flexibility index (Phi) is 3.90. The van der Waals surface area contributed by atoms with Crippen molar-refractivity contribution >= 4 is 0 Å². The quantitative estimate of drug-likeness (QED) is 0.739. The van der Waals surface area contributed by atoms with Gasteiger partial charge in [-0.3, -0.25) is 9.88 Å². The molecule has 0 radical (unpaired) electrons. The van der Waals surface area contributed by atoms with Gasteiger partial charge in [0, 0.05) is 44.8 Å². The summed E-state index contributed by atoms with van der Waals surface area (Å²) in [6.45, 7) is 4.52. The molecule has 0 aromatic carbocycles. The molecule has 6 nitrogen and oxygen atoms in total. The SMILES string of the molecule is c1ccc(CN2CCCn3nnc(Cn4cccc4)c3C2)nc1. The molecular formula is C17H20N6. The first kappa shape index (κ1) is 14.1. The molecule has 0 unspecified atom stereocenters. The Bertz CT molecular complexity index is 747. The van der Waals surface area contributed by atoms with E-state index in [9.17, 15) is 0 Å². The molecule has 0 atom stereocenters. The van der Waals surface area contributed by atoms with Crippen LogP contribution in [0, 0.1) is 0 Å². The minimum Gasteiger partial charge on any atom is -0.348 e. The Hall–Kier alpha value is -2.47. The van der Waals surface area contributed by atoms with Crippen LogP contribution in [0.1, 0.15) is 23.5 Å². The molecule has 3 aromatic rings. The lowest BCUT2D eigenvalue weighted by Gasteiger charge is -2.19. The smallest absolute Gasteiger partial charge is 0.107 e. The zero-order valence-corrected chi connectivity index (χ0v) is 13.0. The highest BCUT2D eigenvalue weighted by molar-refractivity contribution is 5.13. The van der Waals surface area contributed by atoms with E-state index in [4.69, 9.17) is 0 Å². The fourth-order valence-corrected chi connectivity index (χ4v) is 3.08. The van der Waals surface area contributed by atoms with Crippen molar-refractivity contribution in [1.82, 2.24) is 29.4 Å². The summed E-state index contributed by atoms with van der Waals surface area (Å²) in [5, 5.41) is 8.76. The summed E-state index contributed by atoms with van der Waals surface area (Å²) in [6.07, 6.45) is 7.07. The molecule has 4 rings (SSSR count). The molecule has 1 aliphatic heterocycles. The van der Waals surface area contributed by atoms with Crippen molar-refractivity contribution in [1.29, 1.82) is 0 Å². The van der Waals surface area contributed by atoms with Crippen molar-refractivity contribution in [3.8, 4) is 0 Å². The summed E-state index contributed by atoms with van der Waals surface area (Å²) in [5.74, 6) is 0. The van der Waals surface area contributed by atoms with Crippen LogP contribution < -0.4 is 0 Å². The Morgan fingerprint density at radius 2 is 1.91 bits per heavy atom. The second-order valence-electron chi connectivity index (χ2n) is 5.95. The first-order valence-corrected chi connectivity index (χ1v) is 8.03. The molecule has 23 heavy (non-hydrogen) atoms. The molecule has 0 bridgehead atoms. The van der Waals surface area contributed by atoms with E-state index in [2.05, 4.69) is 47.9 Å². The number of rotatable bonds is 4. The largest absolute Gasteiger partial charge is 0.348 e. The normalized spacial score (nSPS) is 15.3. The van der Waals surface area contributed by atoms with Crippen LogP contribution in [-0.4, -0.2) is 36.0 Å². The van der Waals surface area contributed by atoms with Gasteiger partial charge in [0.25, 0.3) is 0 Å². The maximum Gasteiger partial charge on any atom is 0.107 e. The summed E-state index contributed by atoms with van der Waals surface area (Å²) in [4.78, 5) is 6.88. The Morgan fingerprint density at radius 1 is 1.00 bits per heavy atom. The number of aryl methyl sites for hydroxylation is 1. The lowest BCUT2D eigenvalue weighted by molar-refractivity contribution is 0.257. The van der Waals surface area contributed by atoms with Gasteiger partial charge >= 0.3 is 0 Å². The van der Waals surface area contributed by atoms with Gasteiger partial charge in [-0.15, -0.1) is 5.10 Å². The standard InChI is InChI=1S/C17H20N6/c1-2-7-18-15(6-1)12-22-10-5-11-23-17(14-22)16(19-20-23)13-21-8-3-4-9-21/h1-4,6-9H,5,10-14H2. The van der Waals surface area contributed by atoms with E-state index in [1.165, 1.54) is 5.69 Å². The van der Waals surface area contributed by atoms with Crippen molar-refractivity contribution in [3.05, 3.63) is 66.0 Å². The Labute approximate surface area is 135 Å². The first-order chi connectivity index (χ1) is 11.4. The molecule has 6 heteroatoms. The lowest BCUT2D eigenvalue weighted by Crippen LogP contribution is -2.24. The van der Waals surface area contributed by atoms with E-state index >= 15 is 0 Å². The van der Waals surface area contributed by atoms with Crippen LogP contribution in [0.5, 0.6) is 0 Å². The number of pyridine rings is 1. The van der Waals surface area contributed by atoms with Crippen LogP contribution in [-0.2, 0) is 26.2 Å². The highest BCUT2D eigenvalue weighted by Crippen LogP contribution is 2.17. The van der Waals surface area contributed by atoms with Gasteiger partial charge in [-0.1, -0.05) is 11.3 Å². The number of hydrogen-bond donors (Lipinski definition) is 0. The molecular weight excluding hydrogens is 288 g/mol. The highest BCUT2D eigenvalue weighted by atomic mass is 15.4. The molecule has 0 saturated heterocycles. The lowest BCUT2D eigenvalue weighted by atomic mass is 10.2. The maximum atomic E-state index is 4.45. The third-order valence-electron chi connectivity index (χ3n) is 4.25. The van der Waals surface area contributed by atoms with Gasteiger partial charge in [-0.2, -0.15) is 0 Å². The summed E-state index contributed by atoms with van der Waals surface area (Å²) >= 11 is 0. The number of fused-ring (bicyclic) bond motifs is 1. The van der Waals surface area contributed by atoms with E-state index in [1.807, 2.05) is 30.5 Å². The average Bonchev–Trinajstić information content (AvgIpc) is 3.16. The van der Waals surface area contributed by atoms with E-state index < -0.39 is 0 Å². The minimum absolute atomic E-state index is 0.778. The molecule has 1 aliphatic rings. The summed E-state index contributed by atoms with van der Waals surface area (Å²) < 4.78 is 4.20. The van der Waals surface area contributed by atoms with Crippen LogP contribution >= 0.6 is 0 Å². The minimum atomic E-state index is 0.778. The van der Waals surface area contributed by atoms with E-state index in [-0.39, 0.29) is 0 Å².